The SMILES string of the molecule is CC(C)N(C)S(=O)(=O)c1ccc(C(=O)Nc2ccccc2SC(F)F)cc1. The minimum atomic E-state index is -3.64. The van der Waals surface area contributed by atoms with Crippen LogP contribution < -0.4 is 5.32 Å². The second-order valence-corrected chi connectivity index (χ2v) is 9.00. The highest BCUT2D eigenvalue weighted by Crippen LogP contribution is 2.31. The first-order chi connectivity index (χ1) is 12.6. The second-order valence-electron chi connectivity index (χ2n) is 5.97. The van der Waals surface area contributed by atoms with E-state index in [1.54, 1.807) is 26.0 Å². The number of para-hydroxylation sites is 1. The van der Waals surface area contributed by atoms with Gasteiger partial charge in [-0.05, 0) is 50.2 Å². The minimum absolute atomic E-state index is 0.0731. The van der Waals surface area contributed by atoms with E-state index in [2.05, 4.69) is 5.32 Å². The van der Waals surface area contributed by atoms with Crippen LogP contribution in [0.3, 0.4) is 0 Å². The van der Waals surface area contributed by atoms with E-state index >= 15 is 0 Å². The number of sulfonamides is 1. The number of thioether (sulfide) groups is 1. The second kappa shape index (κ2) is 8.81. The molecule has 0 heterocycles. The molecule has 1 N–H and O–H groups in total. The summed E-state index contributed by atoms with van der Waals surface area (Å²) in [5.41, 5.74) is 0.488. The lowest BCUT2D eigenvalue weighted by Gasteiger charge is -2.21. The van der Waals surface area contributed by atoms with Gasteiger partial charge in [-0.3, -0.25) is 4.79 Å². The van der Waals surface area contributed by atoms with Gasteiger partial charge in [-0.1, -0.05) is 23.9 Å². The fraction of sp³-hybridized carbons (Fsp3) is 0.278. The number of hydrogen-bond acceptors (Lipinski definition) is 4. The third kappa shape index (κ3) is 5.27. The third-order valence-corrected chi connectivity index (χ3v) is 6.71. The molecule has 0 saturated carbocycles. The van der Waals surface area contributed by atoms with Gasteiger partial charge >= 0.3 is 0 Å². The lowest BCUT2D eigenvalue weighted by molar-refractivity contribution is 0.102. The summed E-state index contributed by atoms with van der Waals surface area (Å²) in [5.74, 6) is -3.12. The van der Waals surface area contributed by atoms with Gasteiger partial charge in [0.2, 0.25) is 10.0 Å². The van der Waals surface area contributed by atoms with Crippen LogP contribution in [0.4, 0.5) is 14.5 Å². The highest BCUT2D eigenvalue weighted by Gasteiger charge is 2.23. The first kappa shape index (κ1) is 21.3. The number of carbonyl (C=O) groups is 1. The van der Waals surface area contributed by atoms with Crippen molar-refractivity contribution in [2.45, 2.75) is 35.4 Å². The molecule has 0 aliphatic carbocycles. The molecular formula is C18H20F2N2O3S2. The summed E-state index contributed by atoms with van der Waals surface area (Å²) in [4.78, 5) is 12.7. The van der Waals surface area contributed by atoms with Gasteiger partial charge in [0.15, 0.2) is 0 Å². The van der Waals surface area contributed by atoms with E-state index in [-0.39, 0.29) is 27.1 Å². The lowest BCUT2D eigenvalue weighted by Crippen LogP contribution is -2.33. The number of alkyl halides is 2. The zero-order chi connectivity index (χ0) is 20.2. The fourth-order valence-corrected chi connectivity index (χ4v) is 4.15. The Hall–Kier alpha value is -1.97. The van der Waals surface area contributed by atoms with Gasteiger partial charge < -0.3 is 5.32 Å². The van der Waals surface area contributed by atoms with Crippen molar-refractivity contribution in [2.24, 2.45) is 0 Å². The van der Waals surface area contributed by atoms with E-state index < -0.39 is 21.7 Å². The number of carbonyl (C=O) groups excluding carboxylic acids is 1. The van der Waals surface area contributed by atoms with Crippen molar-refractivity contribution in [1.82, 2.24) is 4.31 Å². The van der Waals surface area contributed by atoms with Crippen LogP contribution in [-0.4, -0.2) is 37.5 Å². The Morgan fingerprint density at radius 1 is 1.07 bits per heavy atom. The van der Waals surface area contributed by atoms with Crippen molar-refractivity contribution in [2.75, 3.05) is 12.4 Å². The van der Waals surface area contributed by atoms with Crippen LogP contribution in [-0.2, 0) is 10.0 Å². The summed E-state index contributed by atoms with van der Waals surface area (Å²) in [7, 11) is -2.16. The van der Waals surface area contributed by atoms with Crippen LogP contribution >= 0.6 is 11.8 Å². The zero-order valence-corrected chi connectivity index (χ0v) is 16.7. The molecule has 146 valence electrons. The molecule has 0 bridgehead atoms. The van der Waals surface area contributed by atoms with Gasteiger partial charge in [-0.15, -0.1) is 0 Å². The highest BCUT2D eigenvalue weighted by molar-refractivity contribution is 7.99. The molecule has 0 atom stereocenters. The first-order valence-corrected chi connectivity index (χ1v) is 10.4. The van der Waals surface area contributed by atoms with Crippen LogP contribution in [0.1, 0.15) is 24.2 Å². The average molecular weight is 414 g/mol. The van der Waals surface area contributed by atoms with E-state index in [4.69, 9.17) is 0 Å². The molecule has 27 heavy (non-hydrogen) atoms. The molecule has 0 spiro atoms. The molecule has 2 aromatic rings. The number of halogens is 2. The number of benzene rings is 2. The summed E-state index contributed by atoms with van der Waals surface area (Å²) in [5, 5.41) is 2.58. The van der Waals surface area contributed by atoms with E-state index in [1.165, 1.54) is 47.8 Å². The topological polar surface area (TPSA) is 66.5 Å². The molecular weight excluding hydrogens is 394 g/mol. The Balaban J connectivity index is 2.20. The van der Waals surface area contributed by atoms with Crippen LogP contribution in [0.15, 0.2) is 58.3 Å². The van der Waals surface area contributed by atoms with Gasteiger partial charge in [0, 0.05) is 23.5 Å². The maximum atomic E-state index is 12.6. The van der Waals surface area contributed by atoms with Gasteiger partial charge in [0.25, 0.3) is 11.7 Å². The van der Waals surface area contributed by atoms with Crippen LogP contribution in [0, 0.1) is 0 Å². The summed E-state index contributed by atoms with van der Waals surface area (Å²) < 4.78 is 51.4. The van der Waals surface area contributed by atoms with E-state index in [9.17, 15) is 22.0 Å². The molecule has 9 heteroatoms. The normalized spacial score (nSPS) is 12.0. The number of nitrogens with one attached hydrogen (secondary N) is 1. The predicted octanol–water partition coefficient (Wildman–Crippen LogP) is 4.28. The Morgan fingerprint density at radius 2 is 1.67 bits per heavy atom. The van der Waals surface area contributed by atoms with Gasteiger partial charge in [0.1, 0.15) is 0 Å². The molecule has 1 amide bonds. The molecule has 0 unspecified atom stereocenters. The van der Waals surface area contributed by atoms with Crippen molar-refractivity contribution in [3.05, 3.63) is 54.1 Å². The Bertz CT molecular complexity index is 901. The number of rotatable bonds is 7. The number of anilines is 1. The Morgan fingerprint density at radius 3 is 2.22 bits per heavy atom. The average Bonchev–Trinajstić information content (AvgIpc) is 2.62. The number of hydrogen-bond donors (Lipinski definition) is 1. The summed E-state index contributed by atoms with van der Waals surface area (Å²) >= 11 is 0.341. The van der Waals surface area contributed by atoms with E-state index in [0.29, 0.717) is 11.8 Å². The van der Waals surface area contributed by atoms with E-state index in [0.717, 1.165) is 0 Å². The van der Waals surface area contributed by atoms with Gasteiger partial charge in [0.05, 0.1) is 10.6 Å². The maximum Gasteiger partial charge on any atom is 0.288 e. The summed E-state index contributed by atoms with van der Waals surface area (Å²) in [6, 6.07) is 11.5. The summed E-state index contributed by atoms with van der Waals surface area (Å²) in [6.07, 6.45) is 0. The molecule has 0 radical (unpaired) electrons. The molecule has 5 nitrogen and oxygen atoms in total. The van der Waals surface area contributed by atoms with Gasteiger partial charge in [-0.2, -0.15) is 13.1 Å². The minimum Gasteiger partial charge on any atom is -0.321 e. The van der Waals surface area contributed by atoms with Crippen molar-refractivity contribution in [3.63, 3.8) is 0 Å². The van der Waals surface area contributed by atoms with Crippen molar-refractivity contribution in [3.8, 4) is 0 Å². The molecule has 0 saturated heterocycles. The van der Waals surface area contributed by atoms with Crippen molar-refractivity contribution in [1.29, 1.82) is 0 Å². The third-order valence-electron chi connectivity index (χ3n) is 3.87. The molecule has 2 aromatic carbocycles. The Labute approximate surface area is 161 Å². The zero-order valence-electron chi connectivity index (χ0n) is 15.0. The van der Waals surface area contributed by atoms with Crippen LogP contribution in [0.25, 0.3) is 0 Å². The van der Waals surface area contributed by atoms with Crippen LogP contribution in [0.5, 0.6) is 0 Å². The van der Waals surface area contributed by atoms with Gasteiger partial charge in [-0.25, -0.2) is 8.42 Å². The highest BCUT2D eigenvalue weighted by atomic mass is 32.2. The molecule has 0 fully saturated rings. The number of nitrogens with zero attached hydrogens (tertiary/aromatic N) is 1. The van der Waals surface area contributed by atoms with Crippen molar-refractivity contribution < 1.29 is 22.0 Å². The monoisotopic (exact) mass is 414 g/mol. The maximum absolute atomic E-state index is 12.6. The smallest absolute Gasteiger partial charge is 0.288 e. The quantitative estimate of drug-likeness (QED) is 0.687. The predicted molar refractivity (Wildman–Crippen MR) is 103 cm³/mol. The molecule has 0 aliphatic heterocycles. The fourth-order valence-electron chi connectivity index (χ4n) is 2.19. The number of amides is 1. The Kier molecular flexibility index (Phi) is 6.96. The molecule has 0 aliphatic rings. The summed E-state index contributed by atoms with van der Waals surface area (Å²) in [6.45, 7) is 3.52. The van der Waals surface area contributed by atoms with E-state index in [1.807, 2.05) is 0 Å². The first-order valence-electron chi connectivity index (χ1n) is 8.06. The standard InChI is InChI=1S/C18H20F2N2O3S2/c1-12(2)22(3)27(24,25)14-10-8-13(9-11-14)17(23)21-15-6-4-5-7-16(15)26-18(19)20/h4-12,18H,1-3H3,(H,21,23). The van der Waals surface area contributed by atoms with Crippen LogP contribution in [0.2, 0.25) is 0 Å². The molecule has 2 rings (SSSR count). The van der Waals surface area contributed by atoms with Crippen molar-refractivity contribution >= 4 is 33.4 Å². The lowest BCUT2D eigenvalue weighted by atomic mass is 10.2. The largest absolute Gasteiger partial charge is 0.321 e. The molecule has 0 aromatic heterocycles.